The summed E-state index contributed by atoms with van der Waals surface area (Å²) >= 11 is 0. The van der Waals surface area contributed by atoms with Gasteiger partial charge < -0.3 is 14.4 Å². The van der Waals surface area contributed by atoms with Gasteiger partial charge in [-0.05, 0) is 36.6 Å². The monoisotopic (exact) mass is 417 g/mol. The number of esters is 1. The fourth-order valence-corrected chi connectivity index (χ4v) is 3.44. The molecular formula is C27H31NO3. The molecule has 0 N–H and O–H groups in total. The van der Waals surface area contributed by atoms with Crippen molar-refractivity contribution in [2.75, 3.05) is 11.5 Å². The smallest absolute Gasteiger partial charge is 0.311 e. The number of ether oxygens (including phenoxy) is 2. The van der Waals surface area contributed by atoms with E-state index >= 15 is 0 Å². The Morgan fingerprint density at radius 3 is 1.97 bits per heavy atom. The van der Waals surface area contributed by atoms with Crippen LogP contribution in [0.25, 0.3) is 0 Å². The van der Waals surface area contributed by atoms with Gasteiger partial charge in [-0.25, -0.2) is 0 Å². The second-order valence-corrected chi connectivity index (χ2v) is 7.44. The van der Waals surface area contributed by atoms with Gasteiger partial charge in [0.2, 0.25) is 0 Å². The van der Waals surface area contributed by atoms with Gasteiger partial charge >= 0.3 is 5.97 Å². The molecule has 4 heteroatoms. The summed E-state index contributed by atoms with van der Waals surface area (Å²) in [6.07, 6.45) is 2.15. The first-order valence-electron chi connectivity index (χ1n) is 11.0. The summed E-state index contributed by atoms with van der Waals surface area (Å²) in [5.74, 6) is 0.864. The van der Waals surface area contributed by atoms with E-state index in [1.807, 2.05) is 61.5 Å². The Bertz CT molecular complexity index is 900. The molecule has 0 saturated carbocycles. The van der Waals surface area contributed by atoms with Crippen molar-refractivity contribution < 1.29 is 14.3 Å². The van der Waals surface area contributed by atoms with Crippen LogP contribution in [-0.4, -0.2) is 12.6 Å². The molecule has 0 atom stereocenters. The van der Waals surface area contributed by atoms with E-state index in [-0.39, 0.29) is 5.97 Å². The lowest BCUT2D eigenvalue weighted by Gasteiger charge is -2.28. The quantitative estimate of drug-likeness (QED) is 0.268. The number of rotatable bonds is 11. The highest BCUT2D eigenvalue weighted by Crippen LogP contribution is 2.39. The SMILES string of the molecule is CCCCC(=O)Oc1c(OCC)cccc1N(Cc1ccccc1)Cc1ccccc1. The van der Waals surface area contributed by atoms with Crippen LogP contribution in [-0.2, 0) is 17.9 Å². The highest BCUT2D eigenvalue weighted by Gasteiger charge is 2.20. The first-order chi connectivity index (χ1) is 15.2. The maximum absolute atomic E-state index is 12.5. The first-order valence-corrected chi connectivity index (χ1v) is 11.0. The standard InChI is InChI=1S/C27H31NO3/c1-3-5-19-26(29)31-27-24(17-12-18-25(27)30-4-2)28(20-22-13-8-6-9-14-22)21-23-15-10-7-11-16-23/h6-18H,3-5,19-21H2,1-2H3. The minimum absolute atomic E-state index is 0.227. The van der Waals surface area contributed by atoms with E-state index in [1.165, 1.54) is 11.1 Å². The lowest BCUT2D eigenvalue weighted by molar-refractivity contribution is -0.134. The normalized spacial score (nSPS) is 10.5. The minimum Gasteiger partial charge on any atom is -0.490 e. The number of anilines is 1. The third kappa shape index (κ3) is 6.61. The molecule has 3 aromatic carbocycles. The fourth-order valence-electron chi connectivity index (χ4n) is 3.44. The number of hydrogen-bond donors (Lipinski definition) is 0. The van der Waals surface area contributed by atoms with Crippen molar-refractivity contribution in [3.05, 3.63) is 90.0 Å². The van der Waals surface area contributed by atoms with Crippen molar-refractivity contribution >= 4 is 11.7 Å². The second kappa shape index (κ2) is 11.8. The van der Waals surface area contributed by atoms with Crippen LogP contribution in [0.3, 0.4) is 0 Å². The van der Waals surface area contributed by atoms with Gasteiger partial charge in [-0.2, -0.15) is 0 Å². The lowest BCUT2D eigenvalue weighted by atomic mass is 10.1. The van der Waals surface area contributed by atoms with Crippen LogP contribution in [0, 0.1) is 0 Å². The molecule has 0 spiro atoms. The average molecular weight is 418 g/mol. The molecule has 31 heavy (non-hydrogen) atoms. The van der Waals surface area contributed by atoms with Crippen molar-refractivity contribution in [1.82, 2.24) is 0 Å². The molecule has 0 bridgehead atoms. The van der Waals surface area contributed by atoms with E-state index in [2.05, 4.69) is 36.1 Å². The van der Waals surface area contributed by atoms with Gasteiger partial charge in [-0.1, -0.05) is 80.1 Å². The summed E-state index contributed by atoms with van der Waals surface area (Å²) in [5.41, 5.74) is 3.22. The maximum Gasteiger partial charge on any atom is 0.311 e. The van der Waals surface area contributed by atoms with E-state index in [1.54, 1.807) is 0 Å². The number of unbranched alkanes of at least 4 members (excludes halogenated alkanes) is 1. The summed E-state index contributed by atoms with van der Waals surface area (Å²) in [6.45, 7) is 5.87. The highest BCUT2D eigenvalue weighted by molar-refractivity contribution is 5.77. The Kier molecular flexibility index (Phi) is 8.53. The zero-order valence-electron chi connectivity index (χ0n) is 18.4. The molecule has 162 valence electrons. The Morgan fingerprint density at radius 2 is 1.42 bits per heavy atom. The summed E-state index contributed by atoms with van der Waals surface area (Å²) in [4.78, 5) is 14.8. The zero-order chi connectivity index (χ0) is 21.9. The Hall–Kier alpha value is -3.27. The topological polar surface area (TPSA) is 38.8 Å². The molecule has 0 radical (unpaired) electrons. The van der Waals surface area contributed by atoms with E-state index in [0.29, 0.717) is 37.6 Å². The highest BCUT2D eigenvalue weighted by atomic mass is 16.6. The fraction of sp³-hybridized carbons (Fsp3) is 0.296. The molecule has 3 rings (SSSR count). The number of carbonyl (C=O) groups is 1. The molecule has 0 fully saturated rings. The van der Waals surface area contributed by atoms with E-state index < -0.39 is 0 Å². The summed E-state index contributed by atoms with van der Waals surface area (Å²) in [7, 11) is 0. The lowest BCUT2D eigenvalue weighted by Crippen LogP contribution is -2.23. The first kappa shape index (κ1) is 22.4. The van der Waals surface area contributed by atoms with Gasteiger partial charge in [0.25, 0.3) is 0 Å². The van der Waals surface area contributed by atoms with Crippen LogP contribution in [0.1, 0.15) is 44.2 Å². The van der Waals surface area contributed by atoms with Crippen LogP contribution in [0.15, 0.2) is 78.9 Å². The Morgan fingerprint density at radius 1 is 0.806 bits per heavy atom. The molecule has 0 aromatic heterocycles. The van der Waals surface area contributed by atoms with Crippen molar-refractivity contribution in [3.63, 3.8) is 0 Å². The third-order valence-electron chi connectivity index (χ3n) is 4.98. The molecule has 0 aliphatic rings. The minimum atomic E-state index is -0.227. The number of carbonyl (C=O) groups excluding carboxylic acids is 1. The molecule has 0 heterocycles. The van der Waals surface area contributed by atoms with Crippen LogP contribution in [0.5, 0.6) is 11.5 Å². The van der Waals surface area contributed by atoms with Crippen molar-refractivity contribution in [2.24, 2.45) is 0 Å². The van der Waals surface area contributed by atoms with Crippen molar-refractivity contribution in [2.45, 2.75) is 46.2 Å². The average Bonchev–Trinajstić information content (AvgIpc) is 2.80. The van der Waals surface area contributed by atoms with Crippen LogP contribution >= 0.6 is 0 Å². The van der Waals surface area contributed by atoms with Crippen LogP contribution < -0.4 is 14.4 Å². The summed E-state index contributed by atoms with van der Waals surface area (Å²) in [6, 6.07) is 26.4. The molecule has 3 aromatic rings. The number of benzene rings is 3. The largest absolute Gasteiger partial charge is 0.490 e. The van der Waals surface area contributed by atoms with Gasteiger partial charge in [0, 0.05) is 19.5 Å². The van der Waals surface area contributed by atoms with Gasteiger partial charge in [0.05, 0.1) is 12.3 Å². The van der Waals surface area contributed by atoms with E-state index in [9.17, 15) is 4.79 Å². The molecule has 0 unspecified atom stereocenters. The molecule has 0 amide bonds. The number of para-hydroxylation sites is 1. The van der Waals surface area contributed by atoms with Gasteiger partial charge in [0.1, 0.15) is 0 Å². The van der Waals surface area contributed by atoms with Gasteiger partial charge in [0.15, 0.2) is 11.5 Å². The number of hydrogen-bond acceptors (Lipinski definition) is 4. The van der Waals surface area contributed by atoms with Crippen molar-refractivity contribution in [3.8, 4) is 11.5 Å². The predicted molar refractivity (Wildman–Crippen MR) is 126 cm³/mol. The summed E-state index contributed by atoms with van der Waals surface area (Å²) < 4.78 is 11.7. The Balaban J connectivity index is 1.99. The van der Waals surface area contributed by atoms with E-state index in [4.69, 9.17) is 9.47 Å². The maximum atomic E-state index is 12.5. The number of nitrogens with zero attached hydrogens (tertiary/aromatic N) is 1. The molecule has 4 nitrogen and oxygen atoms in total. The van der Waals surface area contributed by atoms with E-state index in [0.717, 1.165) is 18.5 Å². The van der Waals surface area contributed by atoms with Gasteiger partial charge in [-0.15, -0.1) is 0 Å². The molecular weight excluding hydrogens is 386 g/mol. The Labute approximate surface area is 185 Å². The second-order valence-electron chi connectivity index (χ2n) is 7.44. The summed E-state index contributed by atoms with van der Waals surface area (Å²) in [5, 5.41) is 0. The van der Waals surface area contributed by atoms with Crippen molar-refractivity contribution in [1.29, 1.82) is 0 Å². The third-order valence-corrected chi connectivity index (χ3v) is 4.98. The predicted octanol–water partition coefficient (Wildman–Crippen LogP) is 6.39. The molecule has 0 saturated heterocycles. The van der Waals surface area contributed by atoms with Gasteiger partial charge in [-0.3, -0.25) is 4.79 Å². The van der Waals surface area contributed by atoms with Crippen LogP contribution in [0.2, 0.25) is 0 Å². The molecule has 0 aliphatic carbocycles. The van der Waals surface area contributed by atoms with Crippen LogP contribution in [0.4, 0.5) is 5.69 Å². The molecule has 0 aliphatic heterocycles. The zero-order valence-corrected chi connectivity index (χ0v) is 18.4.